The Balaban J connectivity index is 1.79. The third-order valence-electron chi connectivity index (χ3n) is 5.06. The van der Waals surface area contributed by atoms with Crippen molar-refractivity contribution in [3.63, 3.8) is 0 Å². The fourth-order valence-electron chi connectivity index (χ4n) is 3.31. The van der Waals surface area contributed by atoms with Crippen LogP contribution in [0.3, 0.4) is 0 Å². The van der Waals surface area contributed by atoms with Crippen molar-refractivity contribution >= 4 is 17.7 Å². The third kappa shape index (κ3) is 5.30. The fourth-order valence-corrected chi connectivity index (χ4v) is 4.27. The maximum Gasteiger partial charge on any atom is 0.251 e. The van der Waals surface area contributed by atoms with Crippen LogP contribution in [0, 0.1) is 19.8 Å². The molecule has 0 bridgehead atoms. The van der Waals surface area contributed by atoms with Gasteiger partial charge in [0.1, 0.15) is 0 Å². The SMILES string of the molecule is CCn1c(SCc2ccc(C)cc2)nnc1[C@@H](NC(=O)c1cccc(C)c1)C(C)C. The number of hydrogen-bond acceptors (Lipinski definition) is 4. The van der Waals surface area contributed by atoms with Crippen LogP contribution in [0.2, 0.25) is 0 Å². The van der Waals surface area contributed by atoms with Gasteiger partial charge in [-0.25, -0.2) is 0 Å². The summed E-state index contributed by atoms with van der Waals surface area (Å²) in [5.74, 6) is 1.74. The molecule has 0 radical (unpaired) electrons. The summed E-state index contributed by atoms with van der Waals surface area (Å²) < 4.78 is 2.11. The fraction of sp³-hybridized carbons (Fsp3) is 0.375. The summed E-state index contributed by atoms with van der Waals surface area (Å²) in [5.41, 5.74) is 4.24. The number of nitrogens with one attached hydrogen (secondary N) is 1. The molecule has 0 saturated heterocycles. The minimum atomic E-state index is -0.209. The normalized spacial score (nSPS) is 12.2. The van der Waals surface area contributed by atoms with Crippen molar-refractivity contribution in [3.05, 3.63) is 76.6 Å². The second-order valence-corrected chi connectivity index (χ2v) is 8.87. The molecular formula is C24H30N4OS. The molecular weight excluding hydrogens is 392 g/mol. The van der Waals surface area contributed by atoms with Crippen LogP contribution in [-0.4, -0.2) is 20.7 Å². The van der Waals surface area contributed by atoms with E-state index >= 15 is 0 Å². The first-order chi connectivity index (χ1) is 14.4. The Bertz CT molecular complexity index is 995. The van der Waals surface area contributed by atoms with E-state index in [0.29, 0.717) is 5.56 Å². The van der Waals surface area contributed by atoms with Crippen LogP contribution in [0.5, 0.6) is 0 Å². The van der Waals surface area contributed by atoms with E-state index in [0.717, 1.165) is 28.8 Å². The maximum atomic E-state index is 12.9. The predicted octanol–water partition coefficient (Wildman–Crippen LogP) is 5.33. The van der Waals surface area contributed by atoms with E-state index in [1.807, 2.05) is 31.2 Å². The van der Waals surface area contributed by atoms with Gasteiger partial charge in [-0.2, -0.15) is 0 Å². The summed E-state index contributed by atoms with van der Waals surface area (Å²) in [6, 6.07) is 16.0. The summed E-state index contributed by atoms with van der Waals surface area (Å²) in [4.78, 5) is 12.9. The van der Waals surface area contributed by atoms with Crippen molar-refractivity contribution in [1.29, 1.82) is 0 Å². The summed E-state index contributed by atoms with van der Waals surface area (Å²) in [6.45, 7) is 11.1. The molecule has 0 saturated carbocycles. The van der Waals surface area contributed by atoms with Gasteiger partial charge in [0.05, 0.1) is 6.04 Å². The highest BCUT2D eigenvalue weighted by Gasteiger charge is 2.26. The van der Waals surface area contributed by atoms with E-state index < -0.39 is 0 Å². The first-order valence-electron chi connectivity index (χ1n) is 10.4. The molecule has 1 N–H and O–H groups in total. The molecule has 1 atom stereocenters. The molecule has 0 spiro atoms. The number of carbonyl (C=O) groups is 1. The molecule has 5 nitrogen and oxygen atoms in total. The minimum Gasteiger partial charge on any atom is -0.342 e. The van der Waals surface area contributed by atoms with Crippen LogP contribution >= 0.6 is 11.8 Å². The molecule has 0 fully saturated rings. The third-order valence-corrected chi connectivity index (χ3v) is 6.10. The van der Waals surface area contributed by atoms with Crippen molar-refractivity contribution in [3.8, 4) is 0 Å². The molecule has 0 aliphatic rings. The highest BCUT2D eigenvalue weighted by atomic mass is 32.2. The van der Waals surface area contributed by atoms with Crippen LogP contribution in [0.25, 0.3) is 0 Å². The van der Waals surface area contributed by atoms with Crippen LogP contribution in [-0.2, 0) is 12.3 Å². The highest BCUT2D eigenvalue weighted by molar-refractivity contribution is 7.98. The van der Waals surface area contributed by atoms with Gasteiger partial charge in [-0.15, -0.1) is 10.2 Å². The Morgan fingerprint density at radius 3 is 2.43 bits per heavy atom. The number of thioether (sulfide) groups is 1. The van der Waals surface area contributed by atoms with Crippen LogP contribution in [0.1, 0.15) is 59.7 Å². The number of carbonyl (C=O) groups excluding carboxylic acids is 1. The van der Waals surface area contributed by atoms with Gasteiger partial charge >= 0.3 is 0 Å². The quantitative estimate of drug-likeness (QED) is 0.498. The van der Waals surface area contributed by atoms with Gasteiger partial charge in [0.25, 0.3) is 5.91 Å². The topological polar surface area (TPSA) is 59.8 Å². The van der Waals surface area contributed by atoms with E-state index in [1.54, 1.807) is 11.8 Å². The standard InChI is InChI=1S/C24H30N4OS/c1-6-28-22(26-27-24(28)30-15-19-12-10-17(4)11-13-19)21(16(2)3)25-23(29)20-9-7-8-18(5)14-20/h7-14,16,21H,6,15H2,1-5H3,(H,25,29)/t21-/m0/s1. The number of benzene rings is 2. The Labute approximate surface area is 183 Å². The Morgan fingerprint density at radius 1 is 1.07 bits per heavy atom. The van der Waals surface area contributed by atoms with Gasteiger partial charge in [0.15, 0.2) is 11.0 Å². The lowest BCUT2D eigenvalue weighted by atomic mass is 10.0. The zero-order chi connectivity index (χ0) is 21.7. The molecule has 30 heavy (non-hydrogen) atoms. The average molecular weight is 423 g/mol. The van der Waals surface area contributed by atoms with Crippen molar-refractivity contribution in [2.24, 2.45) is 5.92 Å². The molecule has 1 aromatic heterocycles. The van der Waals surface area contributed by atoms with E-state index in [9.17, 15) is 4.79 Å². The summed E-state index contributed by atoms with van der Waals surface area (Å²) >= 11 is 1.67. The second-order valence-electron chi connectivity index (χ2n) is 7.92. The molecule has 158 valence electrons. The Hall–Kier alpha value is -2.60. The van der Waals surface area contributed by atoms with E-state index in [1.165, 1.54) is 11.1 Å². The second kappa shape index (κ2) is 9.94. The predicted molar refractivity (Wildman–Crippen MR) is 123 cm³/mol. The van der Waals surface area contributed by atoms with Crippen LogP contribution in [0.4, 0.5) is 0 Å². The van der Waals surface area contributed by atoms with Crippen LogP contribution < -0.4 is 5.32 Å². The number of aryl methyl sites for hydroxylation is 2. The van der Waals surface area contributed by atoms with Crippen molar-refractivity contribution in [2.75, 3.05) is 0 Å². The number of nitrogens with zero attached hydrogens (tertiary/aromatic N) is 3. The van der Waals surface area contributed by atoms with Gasteiger partial charge in [0.2, 0.25) is 0 Å². The van der Waals surface area contributed by atoms with Gasteiger partial charge in [-0.1, -0.05) is 73.1 Å². The number of hydrogen-bond donors (Lipinski definition) is 1. The van der Waals surface area contributed by atoms with E-state index in [-0.39, 0.29) is 17.9 Å². The number of rotatable bonds is 8. The molecule has 3 rings (SSSR count). The molecule has 0 aliphatic heterocycles. The monoisotopic (exact) mass is 422 g/mol. The first-order valence-corrected chi connectivity index (χ1v) is 11.4. The summed E-state index contributed by atoms with van der Waals surface area (Å²) in [7, 11) is 0. The molecule has 0 unspecified atom stereocenters. The maximum absolute atomic E-state index is 12.9. The van der Waals surface area contributed by atoms with Crippen molar-refractivity contribution < 1.29 is 4.79 Å². The van der Waals surface area contributed by atoms with Gasteiger partial charge in [-0.3, -0.25) is 4.79 Å². The van der Waals surface area contributed by atoms with Gasteiger partial charge < -0.3 is 9.88 Å². The molecule has 3 aromatic rings. The smallest absolute Gasteiger partial charge is 0.251 e. The average Bonchev–Trinajstić information content (AvgIpc) is 3.13. The van der Waals surface area contributed by atoms with Crippen molar-refractivity contribution in [2.45, 2.75) is 58.1 Å². The molecule has 1 heterocycles. The van der Waals surface area contributed by atoms with Gasteiger partial charge in [-0.05, 0) is 44.4 Å². The zero-order valence-corrected chi connectivity index (χ0v) is 19.2. The molecule has 0 aliphatic carbocycles. The summed E-state index contributed by atoms with van der Waals surface area (Å²) in [6.07, 6.45) is 0. The van der Waals surface area contributed by atoms with E-state index in [4.69, 9.17) is 0 Å². The minimum absolute atomic E-state index is 0.0862. The zero-order valence-electron chi connectivity index (χ0n) is 18.3. The lowest BCUT2D eigenvalue weighted by Gasteiger charge is -2.22. The summed E-state index contributed by atoms with van der Waals surface area (Å²) in [5, 5.41) is 13.0. The Morgan fingerprint density at radius 2 is 1.80 bits per heavy atom. The largest absolute Gasteiger partial charge is 0.342 e. The molecule has 2 aromatic carbocycles. The van der Waals surface area contributed by atoms with Crippen LogP contribution in [0.15, 0.2) is 53.7 Å². The van der Waals surface area contributed by atoms with E-state index in [2.05, 4.69) is 72.0 Å². The lowest BCUT2D eigenvalue weighted by molar-refractivity contribution is 0.0921. The number of amides is 1. The number of aromatic nitrogens is 3. The molecule has 1 amide bonds. The Kier molecular flexibility index (Phi) is 7.32. The highest BCUT2D eigenvalue weighted by Crippen LogP contribution is 2.27. The van der Waals surface area contributed by atoms with Crippen molar-refractivity contribution in [1.82, 2.24) is 20.1 Å². The molecule has 6 heteroatoms. The lowest BCUT2D eigenvalue weighted by Crippen LogP contribution is -2.33. The first kappa shape index (κ1) is 22.1. The van der Waals surface area contributed by atoms with Gasteiger partial charge in [0, 0.05) is 17.9 Å².